The number of amides is 2. The molecule has 1 fully saturated rings. The lowest BCUT2D eigenvalue weighted by molar-refractivity contribution is -0.141. The van der Waals surface area contributed by atoms with Crippen LogP contribution < -0.4 is 0 Å². The molecule has 2 amide bonds. The largest absolute Gasteiger partial charge is 0.395 e. The predicted octanol–water partition coefficient (Wildman–Crippen LogP) is 5.53. The summed E-state index contributed by atoms with van der Waals surface area (Å²) in [4.78, 5) is 27.6. The summed E-state index contributed by atoms with van der Waals surface area (Å²) in [5.74, 6) is -0.489. The van der Waals surface area contributed by atoms with Crippen molar-refractivity contribution in [3.05, 3.63) is 0 Å². The molecule has 0 spiro atoms. The second-order valence-electron chi connectivity index (χ2n) is 13.4. The summed E-state index contributed by atoms with van der Waals surface area (Å²) in [7, 11) is 0. The average molecular weight is 410 g/mol. The first-order chi connectivity index (χ1) is 12.8. The van der Waals surface area contributed by atoms with Crippen LogP contribution in [0.4, 0.5) is 0 Å². The lowest BCUT2D eigenvalue weighted by Crippen LogP contribution is -2.36. The van der Waals surface area contributed by atoms with Gasteiger partial charge in [0.2, 0.25) is 11.8 Å². The zero-order valence-electron chi connectivity index (χ0n) is 21.0. The van der Waals surface area contributed by atoms with Crippen molar-refractivity contribution >= 4 is 11.8 Å². The van der Waals surface area contributed by atoms with Gasteiger partial charge in [-0.1, -0.05) is 76.2 Å². The van der Waals surface area contributed by atoms with Crippen LogP contribution in [-0.2, 0) is 9.59 Å². The molecule has 0 aromatic rings. The van der Waals surface area contributed by atoms with Crippen molar-refractivity contribution in [1.82, 2.24) is 4.90 Å². The van der Waals surface area contributed by atoms with Crippen LogP contribution in [0.2, 0.25) is 0 Å². The third-order valence-electron chi connectivity index (χ3n) is 6.35. The fourth-order valence-corrected chi connectivity index (χ4v) is 5.55. The van der Waals surface area contributed by atoms with Gasteiger partial charge in [-0.3, -0.25) is 14.5 Å². The predicted molar refractivity (Wildman–Crippen MR) is 120 cm³/mol. The Labute approximate surface area is 179 Å². The number of aliphatic hydroxyl groups excluding tert-OH is 1. The summed E-state index contributed by atoms with van der Waals surface area (Å²) in [6.45, 7) is 24.3. The minimum absolute atomic E-state index is 0.0469. The van der Waals surface area contributed by atoms with E-state index >= 15 is 0 Å². The molecule has 0 radical (unpaired) electrons. The number of β-amino-alcohol motifs (C(OH)–C–C–N with tert-alkyl or cyclic N) is 1. The minimum atomic E-state index is -0.322. The highest BCUT2D eigenvalue weighted by atomic mass is 16.3. The molecule has 0 saturated carbocycles. The number of aliphatic hydroxyl groups is 1. The Morgan fingerprint density at radius 1 is 0.897 bits per heavy atom. The van der Waals surface area contributed by atoms with Crippen LogP contribution in [0.1, 0.15) is 95.4 Å². The molecule has 0 aromatic heterocycles. The number of rotatable bonds is 7. The number of hydrogen-bond acceptors (Lipinski definition) is 3. The van der Waals surface area contributed by atoms with E-state index in [-0.39, 0.29) is 58.5 Å². The van der Waals surface area contributed by atoms with E-state index in [0.717, 1.165) is 19.3 Å². The molecule has 1 saturated heterocycles. The van der Waals surface area contributed by atoms with Crippen LogP contribution in [0.5, 0.6) is 0 Å². The first kappa shape index (κ1) is 26.1. The summed E-state index contributed by atoms with van der Waals surface area (Å²) in [6, 6.07) is 0. The van der Waals surface area contributed by atoms with Gasteiger partial charge in [-0.15, -0.1) is 0 Å². The van der Waals surface area contributed by atoms with Crippen LogP contribution in [0.15, 0.2) is 0 Å². The Balaban J connectivity index is 3.22. The van der Waals surface area contributed by atoms with Crippen LogP contribution in [-0.4, -0.2) is 35.0 Å². The van der Waals surface area contributed by atoms with Gasteiger partial charge in [-0.05, 0) is 46.8 Å². The average Bonchev–Trinajstić information content (AvgIpc) is 2.67. The number of nitrogens with zero attached hydrogens (tertiary/aromatic N) is 1. The van der Waals surface area contributed by atoms with Gasteiger partial charge in [0.05, 0.1) is 25.0 Å². The summed E-state index contributed by atoms with van der Waals surface area (Å²) >= 11 is 0. The molecule has 1 heterocycles. The molecular formula is C25H47NO3. The summed E-state index contributed by atoms with van der Waals surface area (Å²) in [6.07, 6.45) is 2.87. The number of likely N-dealkylation sites (tertiary alicyclic amines) is 1. The molecule has 4 nitrogen and oxygen atoms in total. The van der Waals surface area contributed by atoms with Crippen molar-refractivity contribution in [3.63, 3.8) is 0 Å². The normalized spacial score (nSPS) is 23.1. The molecule has 1 N–H and O–H groups in total. The summed E-state index contributed by atoms with van der Waals surface area (Å²) < 4.78 is 0. The Morgan fingerprint density at radius 3 is 1.79 bits per heavy atom. The van der Waals surface area contributed by atoms with Crippen LogP contribution in [0.3, 0.4) is 0 Å². The number of carbonyl (C=O) groups is 2. The number of imide groups is 1. The Kier molecular flexibility index (Phi) is 7.83. The first-order valence-electron chi connectivity index (χ1n) is 11.3. The van der Waals surface area contributed by atoms with E-state index in [2.05, 4.69) is 55.4 Å². The van der Waals surface area contributed by atoms with Crippen LogP contribution in [0, 0.1) is 39.4 Å². The number of hydrogen-bond donors (Lipinski definition) is 1. The van der Waals surface area contributed by atoms with Crippen molar-refractivity contribution in [2.45, 2.75) is 95.4 Å². The third-order valence-corrected chi connectivity index (χ3v) is 6.35. The molecular weight excluding hydrogens is 362 g/mol. The lowest BCUT2D eigenvalue weighted by Gasteiger charge is -2.42. The fraction of sp³-hybridized carbons (Fsp3) is 0.920. The molecule has 1 rings (SSSR count). The van der Waals surface area contributed by atoms with Gasteiger partial charge in [0.1, 0.15) is 0 Å². The van der Waals surface area contributed by atoms with Gasteiger partial charge < -0.3 is 5.11 Å². The number of carbonyl (C=O) groups excluding carboxylic acids is 2. The van der Waals surface area contributed by atoms with Crippen LogP contribution in [0.25, 0.3) is 0 Å². The molecule has 1 aliphatic rings. The molecule has 0 bridgehead atoms. The van der Waals surface area contributed by atoms with E-state index < -0.39 is 0 Å². The van der Waals surface area contributed by atoms with Crippen molar-refractivity contribution in [2.75, 3.05) is 13.2 Å². The fourth-order valence-electron chi connectivity index (χ4n) is 5.55. The monoisotopic (exact) mass is 409 g/mol. The molecule has 1 aliphatic heterocycles. The highest BCUT2D eigenvalue weighted by molar-refractivity contribution is 6.05. The van der Waals surface area contributed by atoms with Crippen molar-refractivity contribution in [1.29, 1.82) is 0 Å². The second kappa shape index (κ2) is 8.69. The maximum atomic E-state index is 13.2. The molecule has 170 valence electrons. The quantitative estimate of drug-likeness (QED) is 0.562. The van der Waals surface area contributed by atoms with Gasteiger partial charge in [0, 0.05) is 0 Å². The van der Waals surface area contributed by atoms with E-state index in [9.17, 15) is 14.7 Å². The molecule has 29 heavy (non-hydrogen) atoms. The molecule has 0 aromatic carbocycles. The highest BCUT2D eigenvalue weighted by Gasteiger charge is 2.53. The molecule has 4 heteroatoms. The van der Waals surface area contributed by atoms with Gasteiger partial charge in [-0.2, -0.15) is 0 Å². The second-order valence-corrected chi connectivity index (χ2v) is 13.4. The standard InChI is InChI=1S/C25H47NO3/c1-22(2,3)16-25(10,11)15-17(23(4,5)6)14-18-19(24(7,8)9)21(29)26(12-13-27)20(18)28/h17-19,27H,12-16H2,1-11H3. The maximum absolute atomic E-state index is 13.2. The van der Waals surface area contributed by atoms with E-state index in [1.807, 2.05) is 20.8 Å². The van der Waals surface area contributed by atoms with Gasteiger partial charge in [-0.25, -0.2) is 0 Å². The summed E-state index contributed by atoms with van der Waals surface area (Å²) in [5, 5.41) is 9.36. The van der Waals surface area contributed by atoms with E-state index in [1.165, 1.54) is 4.90 Å². The Hall–Kier alpha value is -0.900. The zero-order chi connectivity index (χ0) is 23.0. The maximum Gasteiger partial charge on any atom is 0.233 e. The SMILES string of the molecule is CC(C)(C)CC(C)(C)CC(CC1C(=O)N(CCO)C(=O)C1C(C)(C)C)C(C)(C)C. The zero-order valence-corrected chi connectivity index (χ0v) is 21.0. The lowest BCUT2D eigenvalue weighted by atomic mass is 9.62. The smallest absolute Gasteiger partial charge is 0.233 e. The van der Waals surface area contributed by atoms with E-state index in [1.54, 1.807) is 0 Å². The first-order valence-corrected chi connectivity index (χ1v) is 11.3. The van der Waals surface area contributed by atoms with Gasteiger partial charge in [0.15, 0.2) is 0 Å². The summed E-state index contributed by atoms with van der Waals surface area (Å²) in [5.41, 5.74) is 0.164. The van der Waals surface area contributed by atoms with Crippen molar-refractivity contribution in [2.24, 2.45) is 39.4 Å². The van der Waals surface area contributed by atoms with Crippen molar-refractivity contribution < 1.29 is 14.7 Å². The third kappa shape index (κ3) is 7.08. The van der Waals surface area contributed by atoms with Gasteiger partial charge >= 0.3 is 0 Å². The topological polar surface area (TPSA) is 57.6 Å². The van der Waals surface area contributed by atoms with E-state index in [4.69, 9.17) is 0 Å². The molecule has 3 atom stereocenters. The van der Waals surface area contributed by atoms with E-state index in [0.29, 0.717) is 5.92 Å². The van der Waals surface area contributed by atoms with Crippen molar-refractivity contribution in [3.8, 4) is 0 Å². The molecule has 0 aliphatic carbocycles. The highest BCUT2D eigenvalue weighted by Crippen LogP contribution is 2.49. The molecule has 3 unspecified atom stereocenters. The Morgan fingerprint density at radius 2 is 1.41 bits per heavy atom. The van der Waals surface area contributed by atoms with Crippen LogP contribution >= 0.6 is 0 Å². The van der Waals surface area contributed by atoms with Gasteiger partial charge in [0.25, 0.3) is 0 Å². The minimum Gasteiger partial charge on any atom is -0.395 e. The Bertz CT molecular complexity index is 587.